The van der Waals surface area contributed by atoms with Crippen LogP contribution in [0.25, 0.3) is 10.9 Å². The highest BCUT2D eigenvalue weighted by molar-refractivity contribution is 5.95. The standard InChI is InChI=1S/C14H14N2O/c17-10-11-3-4-13-12(9-11)14(5-6-15-13)16-7-1-2-8-16/h3-6,9-10H,1-2,7-8H2. The molecule has 0 saturated carbocycles. The first-order valence-electron chi connectivity index (χ1n) is 5.97. The van der Waals surface area contributed by atoms with Gasteiger partial charge in [-0.25, -0.2) is 0 Å². The molecule has 0 atom stereocenters. The molecule has 0 N–H and O–H groups in total. The van der Waals surface area contributed by atoms with E-state index in [1.165, 1.54) is 18.5 Å². The van der Waals surface area contributed by atoms with Gasteiger partial charge in [0.05, 0.1) is 5.52 Å². The van der Waals surface area contributed by atoms with Crippen molar-refractivity contribution in [2.75, 3.05) is 18.0 Å². The molecular weight excluding hydrogens is 212 g/mol. The van der Waals surface area contributed by atoms with Crippen molar-refractivity contribution in [3.63, 3.8) is 0 Å². The topological polar surface area (TPSA) is 33.2 Å². The van der Waals surface area contributed by atoms with Gasteiger partial charge in [-0.15, -0.1) is 0 Å². The minimum Gasteiger partial charge on any atom is -0.371 e. The quantitative estimate of drug-likeness (QED) is 0.738. The Morgan fingerprint density at radius 3 is 2.76 bits per heavy atom. The van der Waals surface area contributed by atoms with Gasteiger partial charge in [0.15, 0.2) is 0 Å². The number of fused-ring (bicyclic) bond motifs is 1. The van der Waals surface area contributed by atoms with Crippen LogP contribution in [-0.2, 0) is 0 Å². The Bertz CT molecular complexity index is 559. The summed E-state index contributed by atoms with van der Waals surface area (Å²) in [5, 5.41) is 1.08. The Morgan fingerprint density at radius 1 is 1.18 bits per heavy atom. The molecule has 1 aliphatic heterocycles. The van der Waals surface area contributed by atoms with Gasteiger partial charge < -0.3 is 4.90 Å². The highest BCUT2D eigenvalue weighted by Crippen LogP contribution is 2.28. The third-order valence-corrected chi connectivity index (χ3v) is 3.33. The van der Waals surface area contributed by atoms with Crippen LogP contribution in [0, 0.1) is 0 Å². The van der Waals surface area contributed by atoms with Crippen LogP contribution in [0.4, 0.5) is 5.69 Å². The molecule has 1 fully saturated rings. The number of rotatable bonds is 2. The van der Waals surface area contributed by atoms with E-state index in [2.05, 4.69) is 9.88 Å². The number of carbonyl (C=O) groups excluding carboxylic acids is 1. The average molecular weight is 226 g/mol. The van der Waals surface area contributed by atoms with Crippen LogP contribution in [0.3, 0.4) is 0 Å². The monoisotopic (exact) mass is 226 g/mol. The van der Waals surface area contributed by atoms with Crippen molar-refractivity contribution in [1.29, 1.82) is 0 Å². The number of nitrogens with zero attached hydrogens (tertiary/aromatic N) is 2. The summed E-state index contributed by atoms with van der Waals surface area (Å²) >= 11 is 0. The van der Waals surface area contributed by atoms with Crippen molar-refractivity contribution >= 4 is 22.9 Å². The summed E-state index contributed by atoms with van der Waals surface area (Å²) in [6, 6.07) is 7.71. The van der Waals surface area contributed by atoms with Crippen molar-refractivity contribution in [1.82, 2.24) is 4.98 Å². The van der Waals surface area contributed by atoms with Crippen molar-refractivity contribution in [3.05, 3.63) is 36.0 Å². The van der Waals surface area contributed by atoms with Gasteiger partial charge in [0, 0.05) is 35.9 Å². The SMILES string of the molecule is O=Cc1ccc2nccc(N3CCCC3)c2c1. The lowest BCUT2D eigenvalue weighted by atomic mass is 10.1. The molecule has 0 amide bonds. The summed E-state index contributed by atoms with van der Waals surface area (Å²) in [6.45, 7) is 2.20. The van der Waals surface area contributed by atoms with E-state index in [4.69, 9.17) is 0 Å². The first-order valence-corrected chi connectivity index (χ1v) is 5.97. The molecule has 3 heteroatoms. The number of hydrogen-bond donors (Lipinski definition) is 0. The lowest BCUT2D eigenvalue weighted by Gasteiger charge is -2.19. The van der Waals surface area contributed by atoms with Gasteiger partial charge in [-0.3, -0.25) is 9.78 Å². The molecule has 0 bridgehead atoms. The summed E-state index contributed by atoms with van der Waals surface area (Å²) in [5.74, 6) is 0. The van der Waals surface area contributed by atoms with Gasteiger partial charge >= 0.3 is 0 Å². The van der Waals surface area contributed by atoms with Gasteiger partial charge in [-0.05, 0) is 37.1 Å². The maximum atomic E-state index is 10.8. The fourth-order valence-corrected chi connectivity index (χ4v) is 2.46. The van der Waals surface area contributed by atoms with Gasteiger partial charge in [-0.2, -0.15) is 0 Å². The van der Waals surface area contributed by atoms with Gasteiger partial charge in [0.1, 0.15) is 6.29 Å². The Hall–Kier alpha value is -1.90. The van der Waals surface area contributed by atoms with E-state index in [0.717, 1.165) is 30.3 Å². The van der Waals surface area contributed by atoms with Crippen LogP contribution in [0.1, 0.15) is 23.2 Å². The Morgan fingerprint density at radius 2 is 2.00 bits per heavy atom. The number of pyridine rings is 1. The largest absolute Gasteiger partial charge is 0.371 e. The van der Waals surface area contributed by atoms with Crippen LogP contribution in [0.5, 0.6) is 0 Å². The molecule has 1 aromatic heterocycles. The van der Waals surface area contributed by atoms with E-state index < -0.39 is 0 Å². The van der Waals surface area contributed by atoms with Gasteiger partial charge in [-0.1, -0.05) is 0 Å². The third kappa shape index (κ3) is 1.78. The summed E-state index contributed by atoms with van der Waals surface area (Å²) in [5.41, 5.74) is 2.88. The van der Waals surface area contributed by atoms with Crippen LogP contribution in [0.2, 0.25) is 0 Å². The molecule has 2 heterocycles. The van der Waals surface area contributed by atoms with Crippen LogP contribution in [0.15, 0.2) is 30.5 Å². The molecule has 3 rings (SSSR count). The van der Waals surface area contributed by atoms with Crippen LogP contribution >= 0.6 is 0 Å². The van der Waals surface area contributed by atoms with E-state index in [1.54, 1.807) is 0 Å². The third-order valence-electron chi connectivity index (χ3n) is 3.33. The Labute approximate surface area is 100 Å². The second kappa shape index (κ2) is 4.17. The van der Waals surface area contributed by atoms with E-state index in [-0.39, 0.29) is 0 Å². The summed E-state index contributed by atoms with van der Waals surface area (Å²) < 4.78 is 0. The lowest BCUT2D eigenvalue weighted by Crippen LogP contribution is -2.17. The molecule has 1 aliphatic rings. The zero-order valence-electron chi connectivity index (χ0n) is 9.60. The van der Waals surface area contributed by atoms with Gasteiger partial charge in [0.2, 0.25) is 0 Å². The van der Waals surface area contributed by atoms with E-state index in [9.17, 15) is 4.79 Å². The first-order chi connectivity index (χ1) is 8.38. The van der Waals surface area contributed by atoms with E-state index in [0.29, 0.717) is 5.56 Å². The number of aromatic nitrogens is 1. The van der Waals surface area contributed by atoms with Crippen molar-refractivity contribution in [2.24, 2.45) is 0 Å². The molecule has 0 aliphatic carbocycles. The first kappa shape index (κ1) is 10.3. The minimum atomic E-state index is 0.714. The predicted octanol–water partition coefficient (Wildman–Crippen LogP) is 2.65. The van der Waals surface area contributed by atoms with Gasteiger partial charge in [0.25, 0.3) is 0 Å². The normalized spacial score (nSPS) is 15.4. The highest BCUT2D eigenvalue weighted by atomic mass is 16.1. The number of hydrogen-bond acceptors (Lipinski definition) is 3. The zero-order chi connectivity index (χ0) is 11.7. The van der Waals surface area contributed by atoms with Crippen molar-refractivity contribution in [3.8, 4) is 0 Å². The smallest absolute Gasteiger partial charge is 0.150 e. The summed E-state index contributed by atoms with van der Waals surface area (Å²) in [4.78, 5) is 17.6. The fraction of sp³-hybridized carbons (Fsp3) is 0.286. The summed E-state index contributed by atoms with van der Waals surface area (Å²) in [6.07, 6.45) is 5.23. The molecule has 17 heavy (non-hydrogen) atoms. The minimum absolute atomic E-state index is 0.714. The molecule has 2 aromatic rings. The van der Waals surface area contributed by atoms with Crippen molar-refractivity contribution < 1.29 is 4.79 Å². The lowest BCUT2D eigenvalue weighted by molar-refractivity contribution is 0.112. The second-order valence-electron chi connectivity index (χ2n) is 4.42. The molecule has 0 radical (unpaired) electrons. The molecule has 1 aromatic carbocycles. The number of benzene rings is 1. The maximum Gasteiger partial charge on any atom is 0.150 e. The second-order valence-corrected chi connectivity index (χ2v) is 4.42. The fourth-order valence-electron chi connectivity index (χ4n) is 2.46. The average Bonchev–Trinajstić information content (AvgIpc) is 2.91. The van der Waals surface area contributed by atoms with Crippen LogP contribution < -0.4 is 4.90 Å². The molecule has 3 nitrogen and oxygen atoms in total. The summed E-state index contributed by atoms with van der Waals surface area (Å²) in [7, 11) is 0. The van der Waals surface area contributed by atoms with E-state index >= 15 is 0 Å². The van der Waals surface area contributed by atoms with Crippen molar-refractivity contribution in [2.45, 2.75) is 12.8 Å². The molecule has 1 saturated heterocycles. The molecule has 0 spiro atoms. The molecule has 0 unspecified atom stereocenters. The number of aldehydes is 1. The zero-order valence-corrected chi connectivity index (χ0v) is 9.60. The van der Waals surface area contributed by atoms with E-state index in [1.807, 2.05) is 30.5 Å². The maximum absolute atomic E-state index is 10.8. The number of anilines is 1. The molecular formula is C14H14N2O. The Kier molecular flexibility index (Phi) is 2.52. The Balaban J connectivity index is 2.18. The number of carbonyl (C=O) groups is 1. The highest BCUT2D eigenvalue weighted by Gasteiger charge is 2.15. The predicted molar refractivity (Wildman–Crippen MR) is 68.6 cm³/mol. The molecule has 86 valence electrons. The van der Waals surface area contributed by atoms with Crippen LogP contribution in [-0.4, -0.2) is 24.4 Å².